The summed E-state index contributed by atoms with van der Waals surface area (Å²) in [6.45, 7) is 0. The molecule has 94 valence electrons. The minimum Gasteiger partial charge on any atom is -0.480 e. The molecule has 0 saturated carbocycles. The van der Waals surface area contributed by atoms with Gasteiger partial charge in [0.25, 0.3) is 0 Å². The molecule has 0 bridgehead atoms. The van der Waals surface area contributed by atoms with Crippen molar-refractivity contribution in [2.45, 2.75) is 12.1 Å². The Hall–Kier alpha value is 0.260. The van der Waals surface area contributed by atoms with E-state index in [1.54, 1.807) is 0 Å². The van der Waals surface area contributed by atoms with Gasteiger partial charge in [-0.1, -0.05) is 0 Å². The highest BCUT2D eigenvalue weighted by atomic mass is 33.1. The number of hydrogen-bond acceptors (Lipinski definition) is 8. The zero-order valence-electron chi connectivity index (χ0n) is 7.99. The van der Waals surface area contributed by atoms with E-state index in [0.29, 0.717) is 0 Å². The molecule has 16 heavy (non-hydrogen) atoms. The van der Waals surface area contributed by atoms with E-state index in [4.69, 9.17) is 10.2 Å². The number of thiol groups is 2. The monoisotopic (exact) mass is 304 g/mol. The van der Waals surface area contributed by atoms with Gasteiger partial charge in [0.05, 0.1) is 0 Å². The Morgan fingerprint density at radius 1 is 1.00 bits per heavy atom. The summed E-state index contributed by atoms with van der Waals surface area (Å²) in [5, 5.41) is 17.3. The first-order valence-electron chi connectivity index (χ1n) is 4.03. The Morgan fingerprint density at radius 2 is 1.31 bits per heavy atom. The Bertz CT molecular complexity index is 219. The van der Waals surface area contributed by atoms with Crippen molar-refractivity contribution in [2.24, 2.45) is 0 Å². The maximum atomic E-state index is 10.6. The van der Waals surface area contributed by atoms with E-state index in [0.717, 1.165) is 22.0 Å². The van der Waals surface area contributed by atoms with Gasteiger partial charge in [0, 0.05) is 33.5 Å². The van der Waals surface area contributed by atoms with Crippen LogP contribution in [0.1, 0.15) is 0 Å². The lowest BCUT2D eigenvalue weighted by molar-refractivity contribution is -0.139. The molecule has 0 aromatic heterocycles. The molecule has 0 aliphatic heterocycles. The van der Waals surface area contributed by atoms with Gasteiger partial charge >= 0.3 is 11.9 Å². The van der Waals surface area contributed by atoms with Crippen LogP contribution in [-0.4, -0.2) is 45.7 Å². The van der Waals surface area contributed by atoms with Crippen molar-refractivity contribution in [3.63, 3.8) is 0 Å². The predicted octanol–water partition coefficient (Wildman–Crippen LogP) is 0.143. The number of nitrogens with one attached hydrogen (secondary N) is 2. The topological polar surface area (TPSA) is 98.7 Å². The van der Waals surface area contributed by atoms with E-state index >= 15 is 0 Å². The molecule has 0 amide bonds. The predicted molar refractivity (Wildman–Crippen MR) is 72.0 cm³/mol. The smallest absolute Gasteiger partial charge is 0.322 e. The fourth-order valence-electron chi connectivity index (χ4n) is 0.496. The molecule has 6 nitrogen and oxygen atoms in total. The third kappa shape index (κ3) is 6.76. The van der Waals surface area contributed by atoms with Gasteiger partial charge in [-0.25, -0.2) is 9.44 Å². The van der Waals surface area contributed by atoms with Gasteiger partial charge in [0.1, 0.15) is 12.1 Å². The third-order valence-corrected chi connectivity index (χ3v) is 3.79. The van der Waals surface area contributed by atoms with Crippen LogP contribution in [0.5, 0.6) is 0 Å². The van der Waals surface area contributed by atoms with Crippen molar-refractivity contribution in [3.05, 3.63) is 0 Å². The highest BCUT2D eigenvalue weighted by molar-refractivity contribution is 8.75. The van der Waals surface area contributed by atoms with Gasteiger partial charge in [-0.2, -0.15) is 25.3 Å². The molecule has 0 heterocycles. The summed E-state index contributed by atoms with van der Waals surface area (Å²) in [5.74, 6) is -1.71. The van der Waals surface area contributed by atoms with Gasteiger partial charge in [0.15, 0.2) is 0 Å². The Morgan fingerprint density at radius 3 is 1.50 bits per heavy atom. The molecule has 4 N–H and O–H groups in total. The number of hydrogen-bond donors (Lipinski definition) is 6. The molecule has 0 spiro atoms. The molecule has 0 unspecified atom stereocenters. The Balaban J connectivity index is 3.73. The average molecular weight is 304 g/mol. The standard InChI is InChI=1S/C6H12N2O4S4/c9-5(10)3(1-13)7-15-16-8-4(2-14)6(11)12/h3-4,7-8,13-14H,1-2H2,(H,9,10)(H,11,12)/t3-,4-/m0/s1. The van der Waals surface area contributed by atoms with Crippen LogP contribution >= 0.6 is 47.2 Å². The van der Waals surface area contributed by atoms with Crippen molar-refractivity contribution >= 4 is 59.2 Å². The minimum atomic E-state index is -1.01. The van der Waals surface area contributed by atoms with E-state index in [2.05, 4.69) is 34.7 Å². The Kier molecular flexibility index (Phi) is 9.46. The molecule has 0 rings (SSSR count). The first-order chi connectivity index (χ1) is 7.52. The lowest BCUT2D eigenvalue weighted by Gasteiger charge is -2.12. The van der Waals surface area contributed by atoms with Gasteiger partial charge in [-0.3, -0.25) is 9.59 Å². The molecule has 0 radical (unpaired) electrons. The number of carboxylic acids is 2. The van der Waals surface area contributed by atoms with E-state index in [1.165, 1.54) is 0 Å². The number of aliphatic carboxylic acids is 2. The molecular weight excluding hydrogens is 292 g/mol. The summed E-state index contributed by atoms with van der Waals surface area (Å²) in [6.07, 6.45) is 0. The summed E-state index contributed by atoms with van der Waals surface area (Å²) in [5.41, 5.74) is 0. The Labute approximate surface area is 112 Å². The lowest BCUT2D eigenvalue weighted by Crippen LogP contribution is -2.36. The van der Waals surface area contributed by atoms with Gasteiger partial charge < -0.3 is 10.2 Å². The molecule has 0 aromatic carbocycles. The zero-order chi connectivity index (χ0) is 12.6. The van der Waals surface area contributed by atoms with Crippen LogP contribution in [0.2, 0.25) is 0 Å². The summed E-state index contributed by atoms with van der Waals surface area (Å²) < 4.78 is 5.22. The van der Waals surface area contributed by atoms with Crippen molar-refractivity contribution in [1.82, 2.24) is 9.44 Å². The van der Waals surface area contributed by atoms with Gasteiger partial charge in [-0.15, -0.1) is 0 Å². The summed E-state index contributed by atoms with van der Waals surface area (Å²) in [4.78, 5) is 21.1. The van der Waals surface area contributed by atoms with E-state index in [1.807, 2.05) is 0 Å². The normalized spacial score (nSPS) is 14.4. The fraction of sp³-hybridized carbons (Fsp3) is 0.667. The second kappa shape index (κ2) is 9.31. The first kappa shape index (κ1) is 16.3. The average Bonchev–Trinajstić information content (AvgIpc) is 2.22. The van der Waals surface area contributed by atoms with Crippen LogP contribution < -0.4 is 9.44 Å². The maximum Gasteiger partial charge on any atom is 0.322 e. The highest BCUT2D eigenvalue weighted by Gasteiger charge is 2.17. The van der Waals surface area contributed by atoms with Crippen LogP contribution in [-0.2, 0) is 9.59 Å². The molecule has 0 aromatic rings. The molecule has 0 aliphatic carbocycles. The molecule has 0 saturated heterocycles. The van der Waals surface area contributed by atoms with E-state index in [9.17, 15) is 9.59 Å². The molecular formula is C6H12N2O4S4. The quantitative estimate of drug-likeness (QED) is 0.155. The highest BCUT2D eigenvalue weighted by Crippen LogP contribution is 2.15. The van der Waals surface area contributed by atoms with Crippen LogP contribution in [0.15, 0.2) is 0 Å². The summed E-state index contributed by atoms with van der Waals surface area (Å²) in [6, 6.07) is -1.55. The number of rotatable bonds is 9. The number of carboxylic acid groups (broad SMARTS) is 2. The van der Waals surface area contributed by atoms with Crippen LogP contribution in [0.4, 0.5) is 0 Å². The van der Waals surface area contributed by atoms with Crippen molar-refractivity contribution in [1.29, 1.82) is 0 Å². The molecule has 0 fully saturated rings. The van der Waals surface area contributed by atoms with Crippen molar-refractivity contribution < 1.29 is 19.8 Å². The van der Waals surface area contributed by atoms with Gasteiger partial charge in [0.2, 0.25) is 0 Å². The minimum absolute atomic E-state index is 0.151. The molecule has 0 aliphatic rings. The van der Waals surface area contributed by atoms with Crippen molar-refractivity contribution in [3.8, 4) is 0 Å². The molecule has 2 atom stereocenters. The van der Waals surface area contributed by atoms with E-state index < -0.39 is 24.0 Å². The zero-order valence-corrected chi connectivity index (χ0v) is 11.4. The van der Waals surface area contributed by atoms with E-state index in [-0.39, 0.29) is 11.5 Å². The van der Waals surface area contributed by atoms with Crippen LogP contribution in [0, 0.1) is 0 Å². The first-order valence-corrected chi connectivity index (χ1v) is 7.45. The van der Waals surface area contributed by atoms with Gasteiger partial charge in [-0.05, 0) is 0 Å². The van der Waals surface area contributed by atoms with Crippen molar-refractivity contribution in [2.75, 3.05) is 11.5 Å². The van der Waals surface area contributed by atoms with Crippen LogP contribution in [0.25, 0.3) is 0 Å². The summed E-state index contributed by atoms with van der Waals surface area (Å²) >= 11 is 7.71. The largest absolute Gasteiger partial charge is 0.480 e. The lowest BCUT2D eigenvalue weighted by atomic mass is 10.4. The molecule has 10 heteroatoms. The summed E-state index contributed by atoms with van der Waals surface area (Å²) in [7, 11) is 2.01. The second-order valence-electron chi connectivity index (χ2n) is 2.55. The number of carbonyl (C=O) groups is 2. The fourth-order valence-corrected chi connectivity index (χ4v) is 2.92. The SMILES string of the molecule is O=C(O)[C@H](CS)NSSN[C@@H](CS)C(=O)O. The maximum absolute atomic E-state index is 10.6. The van der Waals surface area contributed by atoms with Crippen LogP contribution in [0.3, 0.4) is 0 Å². The third-order valence-electron chi connectivity index (χ3n) is 1.38. The second-order valence-corrected chi connectivity index (χ2v) is 5.08.